The number of hydrogen-bond donors (Lipinski definition) is 0. The van der Waals surface area contributed by atoms with Crippen molar-refractivity contribution >= 4 is 17.2 Å². The van der Waals surface area contributed by atoms with Crippen molar-refractivity contribution in [2.75, 3.05) is 32.7 Å². The molecule has 0 N–H and O–H groups in total. The summed E-state index contributed by atoms with van der Waals surface area (Å²) in [5, 5.41) is 1.88. The predicted molar refractivity (Wildman–Crippen MR) is 102 cm³/mol. The number of carbonyl (C=O) groups excluding carboxylic acids is 1. The summed E-state index contributed by atoms with van der Waals surface area (Å²) in [4.78, 5) is 21.6. The highest BCUT2D eigenvalue weighted by molar-refractivity contribution is 7.07. The fourth-order valence-corrected chi connectivity index (χ4v) is 5.79. The van der Waals surface area contributed by atoms with Crippen LogP contribution in [0.3, 0.4) is 0 Å². The Kier molecular flexibility index (Phi) is 5.41. The molecule has 3 heterocycles. The largest absolute Gasteiger partial charge is 0.337 e. The Morgan fingerprint density at radius 3 is 2.84 bits per heavy atom. The molecule has 138 valence electrons. The van der Waals surface area contributed by atoms with Crippen molar-refractivity contribution < 1.29 is 4.79 Å². The lowest BCUT2D eigenvalue weighted by Crippen LogP contribution is -2.45. The fraction of sp³-hybridized carbons (Fsp3) is 0.800. The van der Waals surface area contributed by atoms with Gasteiger partial charge in [-0.05, 0) is 44.7 Å². The van der Waals surface area contributed by atoms with E-state index in [1.54, 1.807) is 5.51 Å². The molecule has 5 heteroatoms. The van der Waals surface area contributed by atoms with E-state index in [2.05, 4.69) is 14.8 Å². The van der Waals surface area contributed by atoms with Gasteiger partial charge in [-0.3, -0.25) is 4.79 Å². The van der Waals surface area contributed by atoms with E-state index in [9.17, 15) is 4.79 Å². The van der Waals surface area contributed by atoms with Gasteiger partial charge in [-0.15, -0.1) is 11.3 Å². The number of nitrogens with zero attached hydrogens (tertiary/aromatic N) is 3. The SMILES string of the molecule is O=C(c1cscn1)N1CCC2(CCCN(CCC3CCCCC3)C2)C1. The van der Waals surface area contributed by atoms with Crippen LogP contribution in [0.2, 0.25) is 0 Å². The lowest BCUT2D eigenvalue weighted by Gasteiger charge is -2.41. The Morgan fingerprint density at radius 2 is 2.04 bits per heavy atom. The van der Waals surface area contributed by atoms with Crippen LogP contribution < -0.4 is 0 Å². The van der Waals surface area contributed by atoms with Crippen LogP contribution in [0.1, 0.15) is 68.3 Å². The zero-order chi connectivity index (χ0) is 17.1. The van der Waals surface area contributed by atoms with Gasteiger partial charge in [0, 0.05) is 30.4 Å². The average molecular weight is 362 g/mol. The number of likely N-dealkylation sites (tertiary alicyclic amines) is 2. The van der Waals surface area contributed by atoms with Crippen molar-refractivity contribution in [1.82, 2.24) is 14.8 Å². The van der Waals surface area contributed by atoms with E-state index in [0.29, 0.717) is 11.1 Å². The van der Waals surface area contributed by atoms with Crippen molar-refractivity contribution in [2.45, 2.75) is 57.8 Å². The molecule has 1 aromatic heterocycles. The van der Waals surface area contributed by atoms with Gasteiger partial charge in [0.15, 0.2) is 0 Å². The van der Waals surface area contributed by atoms with Crippen LogP contribution in [0.25, 0.3) is 0 Å². The Balaban J connectivity index is 1.30. The third-order valence-electron chi connectivity index (χ3n) is 6.70. The van der Waals surface area contributed by atoms with E-state index < -0.39 is 0 Å². The van der Waals surface area contributed by atoms with E-state index in [0.717, 1.165) is 19.0 Å². The van der Waals surface area contributed by atoms with Crippen LogP contribution in [0.4, 0.5) is 0 Å². The maximum atomic E-state index is 12.6. The molecule has 1 aliphatic carbocycles. The third kappa shape index (κ3) is 4.08. The fourth-order valence-electron chi connectivity index (χ4n) is 5.26. The Morgan fingerprint density at radius 1 is 1.16 bits per heavy atom. The summed E-state index contributed by atoms with van der Waals surface area (Å²) in [6.07, 6.45) is 12.4. The number of thiazole rings is 1. The maximum absolute atomic E-state index is 12.6. The quantitative estimate of drug-likeness (QED) is 0.812. The second-order valence-corrected chi connectivity index (χ2v) is 9.24. The van der Waals surface area contributed by atoms with Crippen LogP contribution in [0.15, 0.2) is 10.9 Å². The molecule has 1 aromatic rings. The predicted octanol–water partition coefficient (Wildman–Crippen LogP) is 4.04. The first-order valence-electron chi connectivity index (χ1n) is 10.1. The molecule has 1 amide bonds. The summed E-state index contributed by atoms with van der Waals surface area (Å²) in [5.74, 6) is 1.11. The number of amides is 1. The van der Waals surface area contributed by atoms with Gasteiger partial charge < -0.3 is 9.80 Å². The van der Waals surface area contributed by atoms with Crippen molar-refractivity contribution in [3.8, 4) is 0 Å². The van der Waals surface area contributed by atoms with Crippen molar-refractivity contribution in [1.29, 1.82) is 0 Å². The molecular formula is C20H31N3OS. The molecule has 4 nitrogen and oxygen atoms in total. The Hall–Kier alpha value is -0.940. The van der Waals surface area contributed by atoms with E-state index in [-0.39, 0.29) is 5.91 Å². The first-order chi connectivity index (χ1) is 12.2. The molecule has 25 heavy (non-hydrogen) atoms. The highest BCUT2D eigenvalue weighted by Crippen LogP contribution is 2.39. The zero-order valence-corrected chi connectivity index (χ0v) is 16.1. The number of piperidine rings is 1. The number of rotatable bonds is 4. The molecule has 2 aliphatic heterocycles. The lowest BCUT2D eigenvalue weighted by molar-refractivity contribution is 0.0670. The topological polar surface area (TPSA) is 36.4 Å². The van der Waals surface area contributed by atoms with Crippen LogP contribution in [-0.4, -0.2) is 53.4 Å². The molecule has 0 bridgehead atoms. The Bertz CT molecular complexity index is 570. The van der Waals surface area contributed by atoms with Gasteiger partial charge >= 0.3 is 0 Å². The smallest absolute Gasteiger partial charge is 0.273 e. The van der Waals surface area contributed by atoms with Crippen LogP contribution in [-0.2, 0) is 0 Å². The van der Waals surface area contributed by atoms with Gasteiger partial charge in [-0.2, -0.15) is 0 Å². The minimum absolute atomic E-state index is 0.137. The van der Waals surface area contributed by atoms with Crippen LogP contribution in [0, 0.1) is 11.3 Å². The third-order valence-corrected chi connectivity index (χ3v) is 7.28. The second-order valence-electron chi connectivity index (χ2n) is 8.52. The molecule has 0 aromatic carbocycles. The van der Waals surface area contributed by atoms with E-state index in [1.165, 1.54) is 88.8 Å². The Labute approximate surface area is 155 Å². The monoisotopic (exact) mass is 361 g/mol. The van der Waals surface area contributed by atoms with Gasteiger partial charge in [-0.25, -0.2) is 4.98 Å². The van der Waals surface area contributed by atoms with Gasteiger partial charge in [-0.1, -0.05) is 32.1 Å². The zero-order valence-electron chi connectivity index (χ0n) is 15.3. The minimum Gasteiger partial charge on any atom is -0.337 e. The molecule has 3 fully saturated rings. The number of carbonyl (C=O) groups is 1. The molecule has 2 saturated heterocycles. The lowest BCUT2D eigenvalue weighted by atomic mass is 9.79. The summed E-state index contributed by atoms with van der Waals surface area (Å²) >= 11 is 1.51. The normalized spacial score (nSPS) is 28.7. The van der Waals surface area contributed by atoms with Gasteiger partial charge in [0.1, 0.15) is 5.69 Å². The number of hydrogen-bond acceptors (Lipinski definition) is 4. The molecule has 1 atom stereocenters. The van der Waals surface area contributed by atoms with Crippen molar-refractivity contribution in [2.24, 2.45) is 11.3 Å². The molecule has 4 rings (SSSR count). The minimum atomic E-state index is 0.137. The molecule has 0 radical (unpaired) electrons. The number of aromatic nitrogens is 1. The van der Waals surface area contributed by atoms with Crippen LogP contribution >= 0.6 is 11.3 Å². The summed E-state index contributed by atoms with van der Waals surface area (Å²) in [7, 11) is 0. The van der Waals surface area contributed by atoms with E-state index in [4.69, 9.17) is 0 Å². The highest BCUT2D eigenvalue weighted by atomic mass is 32.1. The van der Waals surface area contributed by atoms with Gasteiger partial charge in [0.25, 0.3) is 5.91 Å². The molecular weight excluding hydrogens is 330 g/mol. The van der Waals surface area contributed by atoms with Gasteiger partial charge in [0.05, 0.1) is 5.51 Å². The second kappa shape index (κ2) is 7.75. The molecule has 1 saturated carbocycles. The van der Waals surface area contributed by atoms with Crippen molar-refractivity contribution in [3.05, 3.63) is 16.6 Å². The summed E-state index contributed by atoms with van der Waals surface area (Å²) in [6.45, 7) is 5.57. The van der Waals surface area contributed by atoms with E-state index in [1.807, 2.05) is 5.38 Å². The summed E-state index contributed by atoms with van der Waals surface area (Å²) in [5.41, 5.74) is 2.73. The van der Waals surface area contributed by atoms with Gasteiger partial charge in [0.2, 0.25) is 0 Å². The summed E-state index contributed by atoms with van der Waals surface area (Å²) in [6, 6.07) is 0. The summed E-state index contributed by atoms with van der Waals surface area (Å²) < 4.78 is 0. The van der Waals surface area contributed by atoms with E-state index >= 15 is 0 Å². The first kappa shape index (κ1) is 17.5. The maximum Gasteiger partial charge on any atom is 0.273 e. The first-order valence-corrected chi connectivity index (χ1v) is 11.1. The van der Waals surface area contributed by atoms with Crippen molar-refractivity contribution in [3.63, 3.8) is 0 Å². The average Bonchev–Trinajstić information content (AvgIpc) is 3.31. The van der Waals surface area contributed by atoms with Crippen LogP contribution in [0.5, 0.6) is 0 Å². The molecule has 3 aliphatic rings. The molecule has 1 unspecified atom stereocenters. The molecule has 1 spiro atoms. The standard InChI is InChI=1S/C20H31N3OS/c24-19(18-13-25-16-21-18)23-12-9-20(15-23)8-4-10-22(14-20)11-7-17-5-2-1-3-6-17/h13,16-17H,1-12,14-15H2. The highest BCUT2D eigenvalue weighted by Gasteiger charge is 2.43.